The summed E-state index contributed by atoms with van der Waals surface area (Å²) in [6, 6.07) is 10.2. The number of H-pyrrole nitrogens is 1. The van der Waals surface area contributed by atoms with E-state index in [1.54, 1.807) is 6.20 Å². The molecule has 0 aliphatic heterocycles. The fourth-order valence-electron chi connectivity index (χ4n) is 1.82. The molecule has 2 heterocycles. The van der Waals surface area contributed by atoms with Crippen molar-refractivity contribution in [1.29, 1.82) is 0 Å². The van der Waals surface area contributed by atoms with E-state index in [1.807, 2.05) is 30.6 Å². The lowest BCUT2D eigenvalue weighted by Crippen LogP contribution is -2.03. The van der Waals surface area contributed by atoms with Crippen LogP contribution in [0.4, 0.5) is 5.82 Å². The molecule has 0 aliphatic carbocycles. The molecule has 0 radical (unpaired) electrons. The van der Waals surface area contributed by atoms with Crippen LogP contribution in [0.5, 0.6) is 0 Å². The van der Waals surface area contributed by atoms with Gasteiger partial charge in [0.1, 0.15) is 11.6 Å². The molecule has 0 saturated carbocycles. The first kappa shape index (κ1) is 9.84. The molecule has 0 aliphatic rings. The Bertz CT molecular complexity index is 611. The van der Waals surface area contributed by atoms with Gasteiger partial charge in [0.25, 0.3) is 0 Å². The number of nitrogens with zero attached hydrogens (tertiary/aromatic N) is 2. The van der Waals surface area contributed by atoms with E-state index in [4.69, 9.17) is 0 Å². The molecule has 3 rings (SSSR count). The molecule has 1 aromatic carbocycles. The zero-order valence-corrected chi connectivity index (χ0v) is 9.22. The highest BCUT2D eigenvalue weighted by atomic mass is 15.0. The Hall–Kier alpha value is -2.36. The summed E-state index contributed by atoms with van der Waals surface area (Å²) in [5, 5.41) is 5.60. The molecule has 0 unspecified atom stereocenters. The van der Waals surface area contributed by atoms with Crippen molar-refractivity contribution in [3.8, 4) is 0 Å². The summed E-state index contributed by atoms with van der Waals surface area (Å²) in [7, 11) is 0. The molecular formula is C13H12N4. The summed E-state index contributed by atoms with van der Waals surface area (Å²) in [6.07, 6.45) is 5.37. The molecule has 4 nitrogen and oxygen atoms in total. The van der Waals surface area contributed by atoms with E-state index in [9.17, 15) is 0 Å². The van der Waals surface area contributed by atoms with Crippen molar-refractivity contribution in [3.05, 3.63) is 54.7 Å². The van der Waals surface area contributed by atoms with Crippen molar-refractivity contribution in [2.24, 2.45) is 0 Å². The molecule has 0 atom stereocenters. The summed E-state index contributed by atoms with van der Waals surface area (Å²) in [5.41, 5.74) is 0. The van der Waals surface area contributed by atoms with Crippen LogP contribution < -0.4 is 5.32 Å². The number of benzene rings is 1. The number of rotatable bonds is 3. The van der Waals surface area contributed by atoms with Crippen molar-refractivity contribution in [3.63, 3.8) is 0 Å². The summed E-state index contributed by atoms with van der Waals surface area (Å²) in [4.78, 5) is 11.6. The Balaban J connectivity index is 1.90. The number of hydrogen-bond donors (Lipinski definition) is 2. The van der Waals surface area contributed by atoms with Crippen LogP contribution in [-0.4, -0.2) is 15.0 Å². The van der Waals surface area contributed by atoms with E-state index in [2.05, 4.69) is 32.4 Å². The maximum absolute atomic E-state index is 4.35. The largest absolute Gasteiger partial charge is 0.362 e. The number of aromatic nitrogens is 3. The van der Waals surface area contributed by atoms with Crippen molar-refractivity contribution < 1.29 is 0 Å². The van der Waals surface area contributed by atoms with Gasteiger partial charge < -0.3 is 10.3 Å². The minimum atomic E-state index is 0.647. The summed E-state index contributed by atoms with van der Waals surface area (Å²) >= 11 is 0. The predicted molar refractivity (Wildman–Crippen MR) is 67.7 cm³/mol. The third-order valence-electron chi connectivity index (χ3n) is 2.65. The third kappa shape index (κ3) is 1.97. The number of nitrogens with one attached hydrogen (secondary N) is 2. The topological polar surface area (TPSA) is 53.6 Å². The number of pyridine rings is 1. The Morgan fingerprint density at radius 1 is 1.06 bits per heavy atom. The van der Waals surface area contributed by atoms with Crippen LogP contribution in [0.15, 0.2) is 48.9 Å². The molecule has 4 heteroatoms. The lowest BCUT2D eigenvalue weighted by atomic mass is 10.1. The minimum Gasteiger partial charge on any atom is -0.362 e. The van der Waals surface area contributed by atoms with Crippen LogP contribution in [-0.2, 0) is 6.54 Å². The van der Waals surface area contributed by atoms with Crippen LogP contribution in [0, 0.1) is 0 Å². The zero-order chi connectivity index (χ0) is 11.5. The molecule has 0 spiro atoms. The van der Waals surface area contributed by atoms with Crippen LogP contribution in [0.1, 0.15) is 5.82 Å². The molecule has 2 N–H and O–H groups in total. The van der Waals surface area contributed by atoms with Gasteiger partial charge in [-0.3, -0.25) is 0 Å². The number of anilines is 1. The van der Waals surface area contributed by atoms with Gasteiger partial charge in [0, 0.05) is 24.0 Å². The quantitative estimate of drug-likeness (QED) is 0.719. The first-order valence-corrected chi connectivity index (χ1v) is 5.49. The van der Waals surface area contributed by atoms with Gasteiger partial charge in [-0.1, -0.05) is 24.3 Å². The summed E-state index contributed by atoms with van der Waals surface area (Å²) in [6.45, 7) is 0.647. The maximum atomic E-state index is 4.35. The molecule has 0 fully saturated rings. The average Bonchev–Trinajstić information content (AvgIpc) is 2.89. The Kier molecular flexibility index (Phi) is 2.46. The fraction of sp³-hybridized carbons (Fsp3) is 0.0769. The van der Waals surface area contributed by atoms with Crippen LogP contribution in [0.25, 0.3) is 10.8 Å². The fourth-order valence-corrected chi connectivity index (χ4v) is 1.82. The second kappa shape index (κ2) is 4.25. The van der Waals surface area contributed by atoms with Gasteiger partial charge in [0.2, 0.25) is 0 Å². The van der Waals surface area contributed by atoms with Gasteiger partial charge in [-0.2, -0.15) is 0 Å². The zero-order valence-electron chi connectivity index (χ0n) is 9.22. The van der Waals surface area contributed by atoms with E-state index in [0.717, 1.165) is 17.0 Å². The summed E-state index contributed by atoms with van der Waals surface area (Å²) in [5.74, 6) is 1.79. The van der Waals surface area contributed by atoms with E-state index >= 15 is 0 Å². The SMILES string of the molecule is c1ccc2c(NCc3ncc[nH]3)nccc2c1. The van der Waals surface area contributed by atoms with E-state index in [0.29, 0.717) is 6.54 Å². The second-order valence-corrected chi connectivity index (χ2v) is 3.77. The van der Waals surface area contributed by atoms with Gasteiger partial charge in [0.15, 0.2) is 0 Å². The van der Waals surface area contributed by atoms with Crippen molar-refractivity contribution in [2.75, 3.05) is 5.32 Å². The molecule has 0 saturated heterocycles. The summed E-state index contributed by atoms with van der Waals surface area (Å²) < 4.78 is 0. The van der Waals surface area contributed by atoms with Gasteiger partial charge >= 0.3 is 0 Å². The lowest BCUT2D eigenvalue weighted by molar-refractivity contribution is 0.991. The van der Waals surface area contributed by atoms with E-state index in [-0.39, 0.29) is 0 Å². The van der Waals surface area contributed by atoms with Crippen LogP contribution in [0.3, 0.4) is 0 Å². The Morgan fingerprint density at radius 3 is 2.88 bits per heavy atom. The van der Waals surface area contributed by atoms with E-state index in [1.165, 1.54) is 5.39 Å². The number of fused-ring (bicyclic) bond motifs is 1. The average molecular weight is 224 g/mol. The molecule has 2 aromatic heterocycles. The molecule has 17 heavy (non-hydrogen) atoms. The van der Waals surface area contributed by atoms with Crippen molar-refractivity contribution in [2.45, 2.75) is 6.54 Å². The Morgan fingerprint density at radius 2 is 2.00 bits per heavy atom. The van der Waals surface area contributed by atoms with Gasteiger partial charge in [-0.05, 0) is 11.5 Å². The molecule has 0 bridgehead atoms. The normalized spacial score (nSPS) is 10.6. The monoisotopic (exact) mass is 224 g/mol. The lowest BCUT2D eigenvalue weighted by Gasteiger charge is -2.06. The maximum Gasteiger partial charge on any atom is 0.134 e. The number of aromatic amines is 1. The van der Waals surface area contributed by atoms with Crippen molar-refractivity contribution >= 4 is 16.6 Å². The molecule has 0 amide bonds. The molecular weight excluding hydrogens is 212 g/mol. The van der Waals surface area contributed by atoms with Crippen LogP contribution in [0.2, 0.25) is 0 Å². The highest BCUT2D eigenvalue weighted by Crippen LogP contribution is 2.20. The predicted octanol–water partition coefficient (Wildman–Crippen LogP) is 2.57. The first-order chi connectivity index (χ1) is 8.43. The van der Waals surface area contributed by atoms with Gasteiger partial charge in [0.05, 0.1) is 6.54 Å². The molecule has 3 aromatic rings. The third-order valence-corrected chi connectivity index (χ3v) is 2.65. The molecule has 84 valence electrons. The highest BCUT2D eigenvalue weighted by Gasteiger charge is 2.01. The number of hydrogen-bond acceptors (Lipinski definition) is 3. The second-order valence-electron chi connectivity index (χ2n) is 3.77. The van der Waals surface area contributed by atoms with Gasteiger partial charge in [-0.25, -0.2) is 9.97 Å². The van der Waals surface area contributed by atoms with Gasteiger partial charge in [-0.15, -0.1) is 0 Å². The standard InChI is InChI=1S/C13H12N4/c1-2-4-11-10(3-1)5-6-16-13(11)17-9-12-14-7-8-15-12/h1-8H,9H2,(H,14,15)(H,16,17). The van der Waals surface area contributed by atoms with Crippen molar-refractivity contribution in [1.82, 2.24) is 15.0 Å². The van der Waals surface area contributed by atoms with E-state index < -0.39 is 0 Å². The van der Waals surface area contributed by atoms with Crippen LogP contribution >= 0.6 is 0 Å². The first-order valence-electron chi connectivity index (χ1n) is 5.49. The number of imidazole rings is 1. The highest BCUT2D eigenvalue weighted by molar-refractivity contribution is 5.91. The minimum absolute atomic E-state index is 0.647. The Labute approximate surface area is 98.7 Å². The smallest absolute Gasteiger partial charge is 0.134 e.